The largest absolute Gasteiger partial charge is 1.00 e. The van der Waals surface area contributed by atoms with Crippen LogP contribution in [0.15, 0.2) is 48.5 Å². The molecule has 2 aromatic rings. The molecule has 7 heteroatoms. The van der Waals surface area contributed by atoms with Gasteiger partial charge in [-0.2, -0.15) is 0 Å². The van der Waals surface area contributed by atoms with Crippen molar-refractivity contribution in [2.24, 2.45) is 0 Å². The molecule has 196 valence electrons. The molecule has 2 aromatic carbocycles. The zero-order valence-corrected chi connectivity index (χ0v) is 22.8. The first-order valence-electron chi connectivity index (χ1n) is 13.5. The number of aliphatic carboxylic acids is 1. The van der Waals surface area contributed by atoms with Gasteiger partial charge >= 0.3 is 25.0 Å². The Morgan fingerprint density at radius 2 is 1.73 bits per heavy atom. The van der Waals surface area contributed by atoms with Crippen LogP contribution >= 0.6 is 0 Å². The summed E-state index contributed by atoms with van der Waals surface area (Å²) in [4.78, 5) is 26.1. The molecule has 1 saturated carbocycles. The number of nitrogens with one attached hydrogen (secondary N) is 1. The van der Waals surface area contributed by atoms with Gasteiger partial charge in [0.2, 0.25) is 0 Å². The molecule has 1 aliphatic carbocycles. The summed E-state index contributed by atoms with van der Waals surface area (Å²) in [6, 6.07) is 16.3. The Bertz CT molecular complexity index is 961. The standard InChI is InChI=1S/C30H42N2O4.Li/c1-3-4-5-9-21-32(2)25-16-18-26(19-17-25)36-30(35)31-28-22-23(11-10-14-29(33)34)15-20-27(28)24-12-7-6-8-13-24;/h6-8,12-13,15,20,22,25-26H,3-5,9-11,14,16-19,21H2,1-2H3,(H,31,35)(H,33,34);/q;+1/p-1. The minimum absolute atomic E-state index is 0. The maximum absolute atomic E-state index is 12.9. The third-order valence-corrected chi connectivity index (χ3v) is 7.16. The summed E-state index contributed by atoms with van der Waals surface area (Å²) in [7, 11) is 2.22. The third-order valence-electron chi connectivity index (χ3n) is 7.16. The molecule has 1 amide bonds. The minimum atomic E-state index is -1.05. The van der Waals surface area contributed by atoms with Gasteiger partial charge < -0.3 is 19.5 Å². The van der Waals surface area contributed by atoms with E-state index in [1.165, 1.54) is 25.7 Å². The SMILES string of the molecule is CCCCCCN(C)C1CCC(OC(=O)Nc2cc(CCCC(=O)[O-])ccc2-c2ccccc2)CC1.[Li+]. The van der Waals surface area contributed by atoms with Crippen LogP contribution in [-0.2, 0) is 16.0 Å². The van der Waals surface area contributed by atoms with Crippen LogP contribution in [-0.4, -0.2) is 42.7 Å². The Morgan fingerprint density at radius 3 is 2.41 bits per heavy atom. The monoisotopic (exact) mass is 500 g/mol. The molecule has 0 spiro atoms. The van der Waals surface area contributed by atoms with Gasteiger partial charge in [-0.05, 0) is 82.2 Å². The van der Waals surface area contributed by atoms with Crippen molar-refractivity contribution in [3.8, 4) is 11.1 Å². The van der Waals surface area contributed by atoms with E-state index in [2.05, 4.69) is 24.2 Å². The maximum Gasteiger partial charge on any atom is 1.00 e. The van der Waals surface area contributed by atoms with Crippen molar-refractivity contribution in [1.29, 1.82) is 0 Å². The molecule has 3 rings (SSSR count). The third kappa shape index (κ3) is 10.6. The molecule has 0 radical (unpaired) electrons. The van der Waals surface area contributed by atoms with Crippen molar-refractivity contribution in [1.82, 2.24) is 4.90 Å². The Morgan fingerprint density at radius 1 is 1.00 bits per heavy atom. The van der Waals surface area contributed by atoms with E-state index < -0.39 is 12.1 Å². The van der Waals surface area contributed by atoms with Crippen molar-refractivity contribution in [3.05, 3.63) is 54.1 Å². The molecule has 0 unspecified atom stereocenters. The number of carboxylic acids is 1. The number of aryl methyl sites for hydroxylation is 1. The summed E-state index contributed by atoms with van der Waals surface area (Å²) < 4.78 is 5.83. The molecule has 37 heavy (non-hydrogen) atoms. The van der Waals surface area contributed by atoms with Crippen molar-refractivity contribution < 1.29 is 38.3 Å². The Labute approximate surface area is 234 Å². The van der Waals surface area contributed by atoms with Gasteiger partial charge in [0.1, 0.15) is 6.10 Å². The van der Waals surface area contributed by atoms with Gasteiger partial charge in [0.15, 0.2) is 0 Å². The topological polar surface area (TPSA) is 81.7 Å². The molecule has 6 nitrogen and oxygen atoms in total. The van der Waals surface area contributed by atoms with E-state index in [1.54, 1.807) is 0 Å². The number of carbonyl (C=O) groups excluding carboxylic acids is 2. The summed E-state index contributed by atoms with van der Waals surface area (Å²) in [6.07, 6.45) is 9.57. The second-order valence-electron chi connectivity index (χ2n) is 9.97. The minimum Gasteiger partial charge on any atom is -0.550 e. The van der Waals surface area contributed by atoms with E-state index in [0.717, 1.165) is 48.9 Å². The second-order valence-corrected chi connectivity index (χ2v) is 9.97. The fourth-order valence-electron chi connectivity index (χ4n) is 5.02. The number of ether oxygens (including phenoxy) is 1. The first kappa shape index (κ1) is 31.0. The number of hydrogen-bond acceptors (Lipinski definition) is 5. The van der Waals surface area contributed by atoms with Gasteiger partial charge in [0.25, 0.3) is 0 Å². The van der Waals surface area contributed by atoms with Crippen LogP contribution in [0.4, 0.5) is 10.5 Å². The van der Waals surface area contributed by atoms with Crippen molar-refractivity contribution in [3.63, 3.8) is 0 Å². The van der Waals surface area contributed by atoms with Crippen LogP contribution in [0.5, 0.6) is 0 Å². The van der Waals surface area contributed by atoms with E-state index in [0.29, 0.717) is 24.6 Å². The second kappa shape index (κ2) is 16.6. The number of rotatable bonds is 13. The number of nitrogens with zero attached hydrogens (tertiary/aromatic N) is 1. The average molecular weight is 501 g/mol. The van der Waals surface area contributed by atoms with E-state index in [-0.39, 0.29) is 31.4 Å². The fraction of sp³-hybridized carbons (Fsp3) is 0.533. The molecule has 0 saturated heterocycles. The molecule has 0 aliphatic heterocycles. The van der Waals surface area contributed by atoms with E-state index in [4.69, 9.17) is 4.74 Å². The van der Waals surface area contributed by atoms with Crippen LogP contribution < -0.4 is 29.3 Å². The van der Waals surface area contributed by atoms with Crippen LogP contribution in [0.3, 0.4) is 0 Å². The molecule has 1 fully saturated rings. The Kier molecular flexibility index (Phi) is 13.8. The first-order valence-corrected chi connectivity index (χ1v) is 13.5. The fourth-order valence-corrected chi connectivity index (χ4v) is 5.02. The van der Waals surface area contributed by atoms with Gasteiger partial charge in [-0.15, -0.1) is 0 Å². The average Bonchev–Trinajstić information content (AvgIpc) is 2.87. The molecule has 1 N–H and O–H groups in total. The smallest absolute Gasteiger partial charge is 0.550 e. The molecule has 0 aromatic heterocycles. The number of unbranched alkanes of at least 4 members (excludes halogenated alkanes) is 3. The summed E-state index contributed by atoms with van der Waals surface area (Å²) in [5.74, 6) is -1.05. The first-order chi connectivity index (χ1) is 17.5. The van der Waals surface area contributed by atoms with Crippen LogP contribution in [0.25, 0.3) is 11.1 Å². The van der Waals surface area contributed by atoms with Crippen LogP contribution in [0.1, 0.15) is 76.7 Å². The number of carboxylic acid groups (broad SMARTS) is 1. The number of benzene rings is 2. The molecule has 1 aliphatic rings. The quantitative estimate of drug-likeness (QED) is 0.338. The zero-order chi connectivity index (χ0) is 25.8. The number of carbonyl (C=O) groups is 2. The van der Waals surface area contributed by atoms with E-state index in [1.807, 2.05) is 48.5 Å². The van der Waals surface area contributed by atoms with Gasteiger partial charge in [0.05, 0.1) is 5.69 Å². The normalized spacial score (nSPS) is 17.2. The van der Waals surface area contributed by atoms with Gasteiger partial charge in [-0.25, -0.2) is 4.79 Å². The molecular weight excluding hydrogens is 459 g/mol. The summed E-state index contributed by atoms with van der Waals surface area (Å²) >= 11 is 0. The van der Waals surface area contributed by atoms with Gasteiger partial charge in [0, 0.05) is 17.6 Å². The van der Waals surface area contributed by atoms with Crippen LogP contribution in [0.2, 0.25) is 0 Å². The van der Waals surface area contributed by atoms with Crippen molar-refractivity contribution in [2.75, 3.05) is 18.9 Å². The van der Waals surface area contributed by atoms with E-state index in [9.17, 15) is 14.7 Å². The van der Waals surface area contributed by atoms with E-state index >= 15 is 0 Å². The summed E-state index contributed by atoms with van der Waals surface area (Å²) in [5.41, 5.74) is 3.55. The summed E-state index contributed by atoms with van der Waals surface area (Å²) in [6.45, 7) is 3.37. The molecular formula is C30H41LiN2O4. The maximum atomic E-state index is 12.9. The predicted molar refractivity (Wildman–Crippen MR) is 143 cm³/mol. The molecule has 0 heterocycles. The number of amides is 1. The molecule has 0 atom stereocenters. The number of anilines is 1. The Hall–Kier alpha value is -2.26. The number of hydrogen-bond donors (Lipinski definition) is 1. The van der Waals surface area contributed by atoms with Crippen LogP contribution in [0, 0.1) is 0 Å². The van der Waals surface area contributed by atoms with Gasteiger partial charge in [-0.1, -0.05) is 68.7 Å². The predicted octanol–water partition coefficient (Wildman–Crippen LogP) is 2.80. The van der Waals surface area contributed by atoms with Gasteiger partial charge in [-0.3, -0.25) is 5.32 Å². The van der Waals surface area contributed by atoms with Crippen molar-refractivity contribution in [2.45, 2.75) is 89.7 Å². The Balaban J connectivity index is 0.00000481. The van der Waals surface area contributed by atoms with Crippen molar-refractivity contribution >= 4 is 17.7 Å². The zero-order valence-electron chi connectivity index (χ0n) is 22.8. The molecule has 0 bridgehead atoms. The summed E-state index contributed by atoms with van der Waals surface area (Å²) in [5, 5.41) is 13.7.